The molecule has 1 N–H and O–H groups in total. The van der Waals surface area contributed by atoms with Crippen LogP contribution >= 0.6 is 11.8 Å². The summed E-state index contributed by atoms with van der Waals surface area (Å²) in [6.07, 6.45) is 1.69. The van der Waals surface area contributed by atoms with Crippen LogP contribution in [0.1, 0.15) is 19.8 Å². The summed E-state index contributed by atoms with van der Waals surface area (Å²) in [5, 5.41) is 14.3. The van der Waals surface area contributed by atoms with E-state index in [1.807, 2.05) is 6.92 Å². The average Bonchev–Trinajstić information content (AvgIpc) is 2.73. The summed E-state index contributed by atoms with van der Waals surface area (Å²) in [6, 6.07) is 10.2. The summed E-state index contributed by atoms with van der Waals surface area (Å²) in [4.78, 5) is 39.7. The highest BCUT2D eigenvalue weighted by atomic mass is 32.2. The number of amides is 1. The van der Waals surface area contributed by atoms with Gasteiger partial charge in [0.25, 0.3) is 5.56 Å². The minimum absolute atomic E-state index is 0.0674. The van der Waals surface area contributed by atoms with Crippen LogP contribution in [0.5, 0.6) is 0 Å². The van der Waals surface area contributed by atoms with Gasteiger partial charge >= 0.3 is 5.69 Å². The highest BCUT2D eigenvalue weighted by Gasteiger charge is 2.16. The normalized spacial score (nSPS) is 10.9. The van der Waals surface area contributed by atoms with E-state index < -0.39 is 22.3 Å². The lowest BCUT2D eigenvalue weighted by Crippen LogP contribution is -2.24. The van der Waals surface area contributed by atoms with Gasteiger partial charge in [0.1, 0.15) is 0 Å². The minimum atomic E-state index is -0.979. The lowest BCUT2D eigenvalue weighted by atomic mass is 10.2. The second-order valence-electron chi connectivity index (χ2n) is 6.48. The van der Waals surface area contributed by atoms with Crippen LogP contribution in [0.2, 0.25) is 0 Å². The van der Waals surface area contributed by atoms with E-state index in [1.54, 1.807) is 28.8 Å². The molecule has 3 rings (SSSR count). The molecule has 0 aliphatic rings. The predicted molar refractivity (Wildman–Crippen MR) is 113 cm³/mol. The Bertz CT molecular complexity index is 1170. The van der Waals surface area contributed by atoms with Crippen LogP contribution in [0.4, 0.5) is 15.8 Å². The molecule has 0 fully saturated rings. The monoisotopic (exact) mass is 430 g/mol. The van der Waals surface area contributed by atoms with E-state index >= 15 is 0 Å². The molecule has 0 bridgehead atoms. The van der Waals surface area contributed by atoms with E-state index in [2.05, 4.69) is 10.3 Å². The van der Waals surface area contributed by atoms with Gasteiger partial charge in [0, 0.05) is 18.3 Å². The molecule has 0 spiro atoms. The van der Waals surface area contributed by atoms with E-state index in [9.17, 15) is 24.1 Å². The molecule has 0 aliphatic heterocycles. The van der Waals surface area contributed by atoms with Crippen molar-refractivity contribution in [3.8, 4) is 0 Å². The van der Waals surface area contributed by atoms with Crippen LogP contribution in [0, 0.1) is 15.9 Å². The number of nitrogens with zero attached hydrogens (tertiary/aromatic N) is 3. The van der Waals surface area contributed by atoms with Crippen LogP contribution in [0.15, 0.2) is 52.4 Å². The summed E-state index contributed by atoms with van der Waals surface area (Å²) < 4.78 is 15.0. The Balaban J connectivity index is 1.79. The SMILES string of the molecule is CCCCn1c(SCC(=O)Nc2ccc(F)c([N+](=O)[O-])c2)nc2ccccc2c1=O. The quantitative estimate of drug-likeness (QED) is 0.251. The molecule has 156 valence electrons. The van der Waals surface area contributed by atoms with Crippen molar-refractivity contribution in [3.63, 3.8) is 0 Å². The third-order valence-corrected chi connectivity index (χ3v) is 5.30. The number of hydrogen-bond acceptors (Lipinski definition) is 6. The molecule has 10 heteroatoms. The van der Waals surface area contributed by atoms with Crippen molar-refractivity contribution in [3.05, 3.63) is 68.7 Å². The number of benzene rings is 2. The summed E-state index contributed by atoms with van der Waals surface area (Å²) in [7, 11) is 0. The zero-order valence-electron chi connectivity index (χ0n) is 16.1. The zero-order valence-corrected chi connectivity index (χ0v) is 16.9. The van der Waals surface area contributed by atoms with E-state index in [4.69, 9.17) is 0 Å². The van der Waals surface area contributed by atoms with Gasteiger partial charge < -0.3 is 5.32 Å². The molecule has 2 aromatic carbocycles. The van der Waals surface area contributed by atoms with Gasteiger partial charge in [-0.05, 0) is 30.7 Å². The van der Waals surface area contributed by atoms with Crippen LogP contribution in [-0.4, -0.2) is 26.1 Å². The number of nitro benzene ring substituents is 1. The first kappa shape index (κ1) is 21.4. The van der Waals surface area contributed by atoms with Gasteiger partial charge in [-0.1, -0.05) is 37.2 Å². The average molecular weight is 430 g/mol. The molecule has 3 aromatic rings. The molecular formula is C20H19FN4O4S. The minimum Gasteiger partial charge on any atom is -0.325 e. The second-order valence-corrected chi connectivity index (χ2v) is 7.42. The number of nitrogens with one attached hydrogen (secondary N) is 1. The fraction of sp³-hybridized carbons (Fsp3) is 0.250. The first-order valence-corrected chi connectivity index (χ1v) is 10.3. The molecule has 0 saturated carbocycles. The lowest BCUT2D eigenvalue weighted by molar-refractivity contribution is -0.387. The van der Waals surface area contributed by atoms with E-state index in [-0.39, 0.29) is 17.0 Å². The Hall–Kier alpha value is -3.27. The molecular weight excluding hydrogens is 411 g/mol. The maximum absolute atomic E-state index is 13.4. The Labute approximate surface area is 175 Å². The Kier molecular flexibility index (Phi) is 6.78. The first-order chi connectivity index (χ1) is 14.4. The van der Waals surface area contributed by atoms with E-state index in [0.29, 0.717) is 22.6 Å². The molecule has 0 aliphatic carbocycles. The zero-order chi connectivity index (χ0) is 21.7. The Morgan fingerprint density at radius 2 is 2.07 bits per heavy atom. The number of para-hydroxylation sites is 1. The van der Waals surface area contributed by atoms with Crippen molar-refractivity contribution in [2.75, 3.05) is 11.1 Å². The van der Waals surface area contributed by atoms with Gasteiger partial charge in [-0.15, -0.1) is 0 Å². The summed E-state index contributed by atoms with van der Waals surface area (Å²) in [5.41, 5.74) is -0.216. The molecule has 8 nitrogen and oxygen atoms in total. The number of fused-ring (bicyclic) bond motifs is 1. The van der Waals surface area contributed by atoms with Gasteiger partial charge in [-0.3, -0.25) is 24.3 Å². The highest BCUT2D eigenvalue weighted by Crippen LogP contribution is 2.23. The molecule has 1 aromatic heterocycles. The van der Waals surface area contributed by atoms with Gasteiger partial charge in [-0.2, -0.15) is 4.39 Å². The van der Waals surface area contributed by atoms with Crippen LogP contribution in [-0.2, 0) is 11.3 Å². The summed E-state index contributed by atoms with van der Waals surface area (Å²) >= 11 is 1.10. The first-order valence-electron chi connectivity index (χ1n) is 9.27. The molecule has 0 atom stereocenters. The maximum Gasteiger partial charge on any atom is 0.306 e. The standard InChI is InChI=1S/C20H19FN4O4S/c1-2-3-10-24-19(27)14-6-4-5-7-16(14)23-20(24)30-12-18(26)22-13-8-9-15(21)17(11-13)25(28)29/h4-9,11H,2-3,10,12H2,1H3,(H,22,26). The highest BCUT2D eigenvalue weighted by molar-refractivity contribution is 7.99. The number of thioether (sulfide) groups is 1. The fourth-order valence-electron chi connectivity index (χ4n) is 2.83. The molecule has 0 radical (unpaired) electrons. The number of anilines is 1. The number of aromatic nitrogens is 2. The van der Waals surface area contributed by atoms with Crippen LogP contribution in [0.25, 0.3) is 10.9 Å². The predicted octanol–water partition coefficient (Wildman–Crippen LogP) is 3.97. The van der Waals surface area contributed by atoms with E-state index in [0.717, 1.165) is 36.7 Å². The molecule has 30 heavy (non-hydrogen) atoms. The van der Waals surface area contributed by atoms with Crippen molar-refractivity contribution in [1.82, 2.24) is 9.55 Å². The number of nitro groups is 1. The van der Waals surface area contributed by atoms with Crippen molar-refractivity contribution in [2.24, 2.45) is 0 Å². The van der Waals surface area contributed by atoms with Crippen molar-refractivity contribution in [1.29, 1.82) is 0 Å². The Morgan fingerprint density at radius 1 is 1.30 bits per heavy atom. The number of carbonyl (C=O) groups excluding carboxylic acids is 1. The van der Waals surface area contributed by atoms with Gasteiger partial charge in [0.15, 0.2) is 5.16 Å². The molecule has 1 amide bonds. The number of rotatable bonds is 8. The molecule has 0 unspecified atom stereocenters. The smallest absolute Gasteiger partial charge is 0.306 e. The van der Waals surface area contributed by atoms with E-state index in [1.165, 1.54) is 6.07 Å². The third-order valence-electron chi connectivity index (χ3n) is 4.32. The third kappa shape index (κ3) is 4.82. The summed E-state index contributed by atoms with van der Waals surface area (Å²) in [5.74, 6) is -1.50. The largest absolute Gasteiger partial charge is 0.325 e. The van der Waals surface area contributed by atoms with Gasteiger partial charge in [0.05, 0.1) is 21.6 Å². The fourth-order valence-corrected chi connectivity index (χ4v) is 3.65. The van der Waals surface area contributed by atoms with Crippen molar-refractivity contribution in [2.45, 2.75) is 31.5 Å². The van der Waals surface area contributed by atoms with Gasteiger partial charge in [0.2, 0.25) is 11.7 Å². The van der Waals surface area contributed by atoms with Crippen LogP contribution < -0.4 is 10.9 Å². The number of unbranched alkanes of at least 4 members (excludes halogenated alkanes) is 1. The Morgan fingerprint density at radius 3 is 2.80 bits per heavy atom. The maximum atomic E-state index is 13.4. The topological polar surface area (TPSA) is 107 Å². The molecule has 0 saturated heterocycles. The van der Waals surface area contributed by atoms with Crippen molar-refractivity contribution >= 4 is 39.9 Å². The second kappa shape index (κ2) is 9.49. The molecule has 1 heterocycles. The lowest BCUT2D eigenvalue weighted by Gasteiger charge is -2.12. The number of halogens is 1. The number of hydrogen-bond donors (Lipinski definition) is 1. The van der Waals surface area contributed by atoms with Gasteiger partial charge in [-0.25, -0.2) is 4.98 Å². The summed E-state index contributed by atoms with van der Waals surface area (Å²) in [6.45, 7) is 2.50. The van der Waals surface area contributed by atoms with Crippen molar-refractivity contribution < 1.29 is 14.1 Å². The van der Waals surface area contributed by atoms with Crippen LogP contribution in [0.3, 0.4) is 0 Å². The number of carbonyl (C=O) groups is 1.